The van der Waals surface area contributed by atoms with E-state index in [-0.39, 0.29) is 17.9 Å². The van der Waals surface area contributed by atoms with Crippen molar-refractivity contribution in [2.75, 3.05) is 72.7 Å². The highest BCUT2D eigenvalue weighted by atomic mass is 16.5. The summed E-state index contributed by atoms with van der Waals surface area (Å²) in [4.78, 5) is 38.1. The average molecular weight is 560 g/mol. The van der Waals surface area contributed by atoms with Crippen LogP contribution < -0.4 is 10.6 Å². The summed E-state index contributed by atoms with van der Waals surface area (Å²) >= 11 is 0. The summed E-state index contributed by atoms with van der Waals surface area (Å²) in [5.41, 5.74) is -0.919. The maximum absolute atomic E-state index is 13.7. The first kappa shape index (κ1) is 30.5. The molecule has 2 N–H and O–H groups in total. The molecule has 40 heavy (non-hydrogen) atoms. The number of aliphatic imine (C=N–C) groups is 1. The molecule has 2 saturated heterocycles. The number of piperazine rings is 1. The highest BCUT2D eigenvalue weighted by Crippen LogP contribution is 2.43. The topological polar surface area (TPSA) is 123 Å². The smallest absolute Gasteiger partial charge is 0.414 e. The third-order valence-electron chi connectivity index (χ3n) is 9.31. The average Bonchev–Trinajstić information content (AvgIpc) is 3.48. The third-order valence-corrected chi connectivity index (χ3v) is 9.31. The second kappa shape index (κ2) is 14.0. The Morgan fingerprint density at radius 2 is 1.77 bits per heavy atom. The van der Waals surface area contributed by atoms with Crippen LogP contribution in [-0.4, -0.2) is 117 Å². The molecule has 1 unspecified atom stereocenters. The molecule has 4 fully saturated rings. The lowest BCUT2D eigenvalue weighted by Crippen LogP contribution is -2.56. The number of likely N-dealkylation sites (N-methyl/N-ethyl adjacent to an activating group) is 1. The van der Waals surface area contributed by atoms with Crippen LogP contribution in [0.2, 0.25) is 0 Å². The van der Waals surface area contributed by atoms with Gasteiger partial charge in [-0.2, -0.15) is 5.26 Å². The van der Waals surface area contributed by atoms with Crippen LogP contribution in [0.25, 0.3) is 0 Å². The van der Waals surface area contributed by atoms with Gasteiger partial charge in [-0.3, -0.25) is 15.0 Å². The number of morpholine rings is 1. The van der Waals surface area contributed by atoms with E-state index in [0.717, 1.165) is 45.4 Å². The highest BCUT2D eigenvalue weighted by molar-refractivity contribution is 5.96. The minimum atomic E-state index is -0.808. The summed E-state index contributed by atoms with van der Waals surface area (Å²) in [6, 6.07) is 1.58. The van der Waals surface area contributed by atoms with Crippen LogP contribution in [0.3, 0.4) is 0 Å². The molecule has 0 bridgehead atoms. The number of guanidine groups is 1. The molecule has 2 amide bonds. The van der Waals surface area contributed by atoms with E-state index in [1.54, 1.807) is 0 Å². The van der Waals surface area contributed by atoms with E-state index in [4.69, 9.17) is 14.5 Å². The van der Waals surface area contributed by atoms with Gasteiger partial charge in [-0.25, -0.2) is 9.79 Å². The Bertz CT molecular complexity index is 925. The number of ether oxygens (including phenoxy) is 2. The molecule has 0 aromatic heterocycles. The summed E-state index contributed by atoms with van der Waals surface area (Å²) in [6.45, 7) is 11.5. The molecule has 4 rings (SSSR count). The number of carbonyl (C=O) groups is 2. The number of nitrogens with one attached hydrogen (secondary N) is 2. The van der Waals surface area contributed by atoms with Gasteiger partial charge < -0.3 is 24.6 Å². The number of amides is 2. The lowest BCUT2D eigenvalue weighted by molar-refractivity contribution is -0.125. The number of hydrogen-bond donors (Lipinski definition) is 2. The number of nitrogens with zero attached hydrogens (tertiary/aromatic N) is 5. The Labute approximate surface area is 239 Å². The number of alkyl carbamates (subject to hydrolysis) is 1. The SMILES string of the molecule is CN1CCN(CCOC(=O)NC(=NC(CC(C)(C)C2CCCC2)C(=O)NC2(C#N)CCC2)N2CCOCC2)CC1. The predicted octanol–water partition coefficient (Wildman–Crippen LogP) is 2.19. The molecular weight excluding hydrogens is 510 g/mol. The Morgan fingerprint density at radius 3 is 2.38 bits per heavy atom. The Kier molecular flexibility index (Phi) is 10.7. The second-order valence-corrected chi connectivity index (χ2v) is 12.7. The van der Waals surface area contributed by atoms with Gasteiger partial charge in [-0.15, -0.1) is 0 Å². The zero-order valence-electron chi connectivity index (χ0n) is 24.8. The largest absolute Gasteiger partial charge is 0.448 e. The molecule has 11 heteroatoms. The number of carbonyl (C=O) groups excluding carboxylic acids is 2. The van der Waals surface area contributed by atoms with Crippen LogP contribution in [0.1, 0.15) is 65.2 Å². The molecule has 2 heterocycles. The molecule has 0 aromatic rings. The van der Waals surface area contributed by atoms with Gasteiger partial charge in [-0.1, -0.05) is 26.7 Å². The lowest BCUT2D eigenvalue weighted by atomic mass is 9.73. The predicted molar refractivity (Wildman–Crippen MR) is 153 cm³/mol. The van der Waals surface area contributed by atoms with Crippen molar-refractivity contribution >= 4 is 18.0 Å². The fourth-order valence-electron chi connectivity index (χ4n) is 6.27. The van der Waals surface area contributed by atoms with Gasteiger partial charge in [0.1, 0.15) is 18.2 Å². The standard InChI is InChI=1S/C29H49N7O4/c1-28(2,23-7-4-5-8-23)21-24(25(37)33-29(22-30)9-6-10-29)31-26(36-16-18-39-19-17-36)32-27(38)40-20-15-35-13-11-34(3)12-14-35/h23-24H,4-21H2,1-3H3,(H,33,37)(H,31,32,38). The normalized spacial score (nSPS) is 23.6. The van der Waals surface area contributed by atoms with Crippen molar-refractivity contribution in [2.24, 2.45) is 16.3 Å². The summed E-state index contributed by atoms with van der Waals surface area (Å²) in [7, 11) is 2.11. The molecule has 2 aliphatic carbocycles. The van der Waals surface area contributed by atoms with Crippen molar-refractivity contribution in [3.05, 3.63) is 0 Å². The fourth-order valence-corrected chi connectivity index (χ4v) is 6.27. The molecule has 224 valence electrons. The van der Waals surface area contributed by atoms with Crippen molar-refractivity contribution in [1.29, 1.82) is 5.26 Å². The molecule has 0 spiro atoms. The van der Waals surface area contributed by atoms with Crippen LogP contribution in [-0.2, 0) is 14.3 Å². The molecule has 2 aliphatic heterocycles. The number of nitriles is 1. The van der Waals surface area contributed by atoms with Crippen LogP contribution in [0.5, 0.6) is 0 Å². The summed E-state index contributed by atoms with van der Waals surface area (Å²) < 4.78 is 11.1. The van der Waals surface area contributed by atoms with Crippen LogP contribution in [0.15, 0.2) is 4.99 Å². The minimum absolute atomic E-state index is 0.111. The van der Waals surface area contributed by atoms with Gasteiger partial charge in [-0.05, 0) is 56.9 Å². The molecule has 2 saturated carbocycles. The van der Waals surface area contributed by atoms with Crippen molar-refractivity contribution < 1.29 is 19.1 Å². The quantitative estimate of drug-likeness (QED) is 0.326. The molecule has 11 nitrogen and oxygen atoms in total. The first-order valence-corrected chi connectivity index (χ1v) is 15.2. The van der Waals surface area contributed by atoms with E-state index in [1.165, 1.54) is 12.8 Å². The van der Waals surface area contributed by atoms with Gasteiger partial charge >= 0.3 is 6.09 Å². The number of hydrogen-bond acceptors (Lipinski definition) is 8. The molecule has 0 aromatic carbocycles. The minimum Gasteiger partial charge on any atom is -0.448 e. The van der Waals surface area contributed by atoms with Gasteiger partial charge in [0.25, 0.3) is 0 Å². The van der Waals surface area contributed by atoms with Gasteiger partial charge in [0.15, 0.2) is 0 Å². The van der Waals surface area contributed by atoms with Crippen LogP contribution in [0, 0.1) is 22.7 Å². The Balaban J connectivity index is 1.48. The summed E-state index contributed by atoms with van der Waals surface area (Å²) in [5, 5.41) is 15.7. The molecule has 4 aliphatic rings. The van der Waals surface area contributed by atoms with Crippen LogP contribution in [0.4, 0.5) is 4.79 Å². The maximum Gasteiger partial charge on any atom is 0.414 e. The van der Waals surface area contributed by atoms with Crippen LogP contribution >= 0.6 is 0 Å². The second-order valence-electron chi connectivity index (χ2n) is 12.7. The van der Waals surface area contributed by atoms with Gasteiger partial charge in [0, 0.05) is 45.8 Å². The van der Waals surface area contributed by atoms with Crippen molar-refractivity contribution in [1.82, 2.24) is 25.3 Å². The van der Waals surface area contributed by atoms with E-state index in [9.17, 15) is 14.9 Å². The molecule has 1 atom stereocenters. The van der Waals surface area contributed by atoms with E-state index in [0.29, 0.717) is 64.0 Å². The van der Waals surface area contributed by atoms with Crippen molar-refractivity contribution in [3.8, 4) is 6.07 Å². The van der Waals surface area contributed by atoms with E-state index < -0.39 is 17.7 Å². The van der Waals surface area contributed by atoms with Gasteiger partial charge in [0.2, 0.25) is 11.9 Å². The highest BCUT2D eigenvalue weighted by Gasteiger charge is 2.42. The summed E-state index contributed by atoms with van der Waals surface area (Å²) in [6.07, 6.45) is 6.95. The molecule has 0 radical (unpaired) electrons. The monoisotopic (exact) mass is 559 g/mol. The van der Waals surface area contributed by atoms with E-state index in [1.807, 2.05) is 4.90 Å². The van der Waals surface area contributed by atoms with Gasteiger partial charge in [0.05, 0.1) is 19.3 Å². The summed E-state index contributed by atoms with van der Waals surface area (Å²) in [5.74, 6) is 0.615. The Morgan fingerprint density at radius 1 is 1.10 bits per heavy atom. The van der Waals surface area contributed by atoms with E-state index >= 15 is 0 Å². The maximum atomic E-state index is 13.7. The first-order chi connectivity index (χ1) is 19.2. The molecular formula is C29H49N7O4. The van der Waals surface area contributed by atoms with Crippen molar-refractivity contribution in [2.45, 2.75) is 76.8 Å². The first-order valence-electron chi connectivity index (χ1n) is 15.2. The third kappa shape index (κ3) is 8.30. The zero-order valence-corrected chi connectivity index (χ0v) is 24.8. The zero-order chi connectivity index (χ0) is 28.6. The Hall–Kier alpha value is -2.42. The van der Waals surface area contributed by atoms with E-state index in [2.05, 4.69) is 47.4 Å². The fraction of sp³-hybridized carbons (Fsp3) is 0.862. The number of rotatable bonds is 9. The van der Waals surface area contributed by atoms with Crippen molar-refractivity contribution in [3.63, 3.8) is 0 Å². The lowest BCUT2D eigenvalue weighted by Gasteiger charge is -2.39.